The minimum Gasteiger partial charge on any atom is -0.497 e. The molecule has 0 saturated carbocycles. The molecule has 0 aliphatic carbocycles. The van der Waals surface area contributed by atoms with Gasteiger partial charge in [0.15, 0.2) is 0 Å². The first kappa shape index (κ1) is 16.8. The Morgan fingerprint density at radius 1 is 1.50 bits per heavy atom. The Bertz CT molecular complexity index is 506. The van der Waals surface area contributed by atoms with E-state index in [1.165, 1.54) is 5.56 Å². The molecular formula is C17H26N2O3. The van der Waals surface area contributed by atoms with E-state index in [1.807, 2.05) is 12.1 Å². The SMILES string of the molecule is COc1cccc(CCCN2CC[C@@](C)(NCC(=O)O)C2)c1. The molecule has 0 amide bonds. The standard InChI is InChI=1S/C17H26N2O3/c1-17(18-12-16(20)21)8-10-19(13-17)9-4-6-14-5-3-7-15(11-14)22-2/h3,5,7,11,18H,4,6,8-10,12-13H2,1-2H3,(H,20,21)/t17-/m1/s1. The van der Waals surface area contributed by atoms with Crippen molar-refractivity contribution in [2.24, 2.45) is 0 Å². The van der Waals surface area contributed by atoms with Gasteiger partial charge in [0.2, 0.25) is 0 Å². The van der Waals surface area contributed by atoms with Crippen LogP contribution in [0.3, 0.4) is 0 Å². The second kappa shape index (κ2) is 7.61. The van der Waals surface area contributed by atoms with Gasteiger partial charge >= 0.3 is 5.97 Å². The lowest BCUT2D eigenvalue weighted by Crippen LogP contribution is -2.47. The number of hydrogen-bond acceptors (Lipinski definition) is 4. The first-order chi connectivity index (χ1) is 10.5. The number of rotatable bonds is 8. The molecule has 5 nitrogen and oxygen atoms in total. The lowest BCUT2D eigenvalue weighted by atomic mass is 10.0. The number of nitrogens with one attached hydrogen (secondary N) is 1. The van der Waals surface area contributed by atoms with E-state index >= 15 is 0 Å². The maximum absolute atomic E-state index is 10.7. The van der Waals surface area contributed by atoms with E-state index in [0.717, 1.165) is 44.6 Å². The van der Waals surface area contributed by atoms with Crippen LogP contribution in [0.1, 0.15) is 25.3 Å². The third kappa shape index (κ3) is 5.00. The summed E-state index contributed by atoms with van der Waals surface area (Å²) in [5, 5.41) is 11.9. The maximum Gasteiger partial charge on any atom is 0.317 e. The fourth-order valence-corrected chi connectivity index (χ4v) is 3.02. The third-order valence-corrected chi connectivity index (χ3v) is 4.29. The molecule has 1 aliphatic rings. The lowest BCUT2D eigenvalue weighted by molar-refractivity contribution is -0.136. The van der Waals surface area contributed by atoms with E-state index in [1.54, 1.807) is 7.11 Å². The van der Waals surface area contributed by atoms with Gasteiger partial charge in [0.25, 0.3) is 0 Å². The largest absolute Gasteiger partial charge is 0.497 e. The summed E-state index contributed by atoms with van der Waals surface area (Å²) in [6.45, 7) is 5.13. The van der Waals surface area contributed by atoms with E-state index in [4.69, 9.17) is 9.84 Å². The van der Waals surface area contributed by atoms with Gasteiger partial charge in [0.1, 0.15) is 5.75 Å². The van der Waals surface area contributed by atoms with Gasteiger partial charge < -0.3 is 20.1 Å². The van der Waals surface area contributed by atoms with Crippen molar-refractivity contribution in [3.63, 3.8) is 0 Å². The summed E-state index contributed by atoms with van der Waals surface area (Å²) in [7, 11) is 1.69. The maximum atomic E-state index is 10.7. The van der Waals surface area contributed by atoms with E-state index < -0.39 is 5.97 Å². The fraction of sp³-hybridized carbons (Fsp3) is 0.588. The molecule has 122 valence electrons. The van der Waals surface area contributed by atoms with Crippen LogP contribution in [0.25, 0.3) is 0 Å². The highest BCUT2D eigenvalue weighted by Crippen LogP contribution is 2.21. The van der Waals surface area contributed by atoms with Crippen molar-refractivity contribution >= 4 is 5.97 Å². The first-order valence-corrected chi connectivity index (χ1v) is 7.83. The number of carboxylic acids is 1. The van der Waals surface area contributed by atoms with E-state index in [9.17, 15) is 4.79 Å². The predicted octanol–water partition coefficient (Wildman–Crippen LogP) is 1.77. The summed E-state index contributed by atoms with van der Waals surface area (Å²) in [4.78, 5) is 13.1. The minimum atomic E-state index is -0.794. The number of aryl methyl sites for hydroxylation is 1. The van der Waals surface area contributed by atoms with E-state index in [-0.39, 0.29) is 12.1 Å². The van der Waals surface area contributed by atoms with Crippen molar-refractivity contribution in [1.29, 1.82) is 0 Å². The van der Waals surface area contributed by atoms with Crippen LogP contribution in [0.15, 0.2) is 24.3 Å². The van der Waals surface area contributed by atoms with Crippen molar-refractivity contribution in [1.82, 2.24) is 10.2 Å². The molecule has 2 rings (SSSR count). The average Bonchev–Trinajstić information content (AvgIpc) is 2.88. The monoisotopic (exact) mass is 306 g/mol. The Balaban J connectivity index is 1.73. The number of aliphatic carboxylic acids is 1. The first-order valence-electron chi connectivity index (χ1n) is 7.83. The van der Waals surface area contributed by atoms with Gasteiger partial charge in [-0.15, -0.1) is 0 Å². The molecule has 0 radical (unpaired) electrons. The smallest absolute Gasteiger partial charge is 0.317 e. The van der Waals surface area contributed by atoms with Crippen LogP contribution >= 0.6 is 0 Å². The van der Waals surface area contributed by atoms with Crippen molar-refractivity contribution in [3.8, 4) is 5.75 Å². The van der Waals surface area contributed by atoms with Crippen molar-refractivity contribution in [3.05, 3.63) is 29.8 Å². The lowest BCUT2D eigenvalue weighted by Gasteiger charge is -2.25. The highest BCUT2D eigenvalue weighted by molar-refractivity contribution is 5.69. The second-order valence-corrected chi connectivity index (χ2v) is 6.29. The van der Waals surface area contributed by atoms with Crippen LogP contribution in [0.5, 0.6) is 5.75 Å². The third-order valence-electron chi connectivity index (χ3n) is 4.29. The molecule has 1 aliphatic heterocycles. The van der Waals surface area contributed by atoms with Crippen LogP contribution in [0.2, 0.25) is 0 Å². The molecule has 1 atom stereocenters. The zero-order valence-electron chi connectivity index (χ0n) is 13.5. The summed E-state index contributed by atoms with van der Waals surface area (Å²) < 4.78 is 5.24. The van der Waals surface area contributed by atoms with Crippen molar-refractivity contribution in [2.75, 3.05) is 33.3 Å². The van der Waals surface area contributed by atoms with Crippen molar-refractivity contribution in [2.45, 2.75) is 31.7 Å². The van der Waals surface area contributed by atoms with Gasteiger partial charge in [-0.05, 0) is 50.4 Å². The average molecular weight is 306 g/mol. The summed E-state index contributed by atoms with van der Waals surface area (Å²) in [5.74, 6) is 0.113. The number of benzene rings is 1. The summed E-state index contributed by atoms with van der Waals surface area (Å²) in [5.41, 5.74) is 1.22. The van der Waals surface area contributed by atoms with Gasteiger partial charge in [-0.2, -0.15) is 0 Å². The Morgan fingerprint density at radius 2 is 2.32 bits per heavy atom. The predicted molar refractivity (Wildman–Crippen MR) is 86.4 cm³/mol. The Hall–Kier alpha value is -1.59. The molecule has 0 aromatic heterocycles. The summed E-state index contributed by atoms with van der Waals surface area (Å²) in [6, 6.07) is 8.20. The van der Waals surface area contributed by atoms with E-state index in [2.05, 4.69) is 29.3 Å². The number of hydrogen-bond donors (Lipinski definition) is 2. The number of carbonyl (C=O) groups is 1. The molecular weight excluding hydrogens is 280 g/mol. The summed E-state index contributed by atoms with van der Waals surface area (Å²) >= 11 is 0. The quantitative estimate of drug-likeness (QED) is 0.766. The van der Waals surface area contributed by atoms with Gasteiger partial charge in [-0.1, -0.05) is 12.1 Å². The fourth-order valence-electron chi connectivity index (χ4n) is 3.02. The topological polar surface area (TPSA) is 61.8 Å². The second-order valence-electron chi connectivity index (χ2n) is 6.29. The molecule has 0 bridgehead atoms. The zero-order chi connectivity index (χ0) is 16.0. The van der Waals surface area contributed by atoms with E-state index in [0.29, 0.717) is 0 Å². The van der Waals surface area contributed by atoms with Crippen LogP contribution < -0.4 is 10.1 Å². The Labute approximate surface area is 132 Å². The van der Waals surface area contributed by atoms with Gasteiger partial charge in [-0.3, -0.25) is 4.79 Å². The van der Waals surface area contributed by atoms with Gasteiger partial charge in [-0.25, -0.2) is 0 Å². The van der Waals surface area contributed by atoms with Crippen molar-refractivity contribution < 1.29 is 14.6 Å². The molecule has 5 heteroatoms. The molecule has 1 saturated heterocycles. The molecule has 0 spiro atoms. The minimum absolute atomic E-state index is 0.0359. The number of carboxylic acid groups (broad SMARTS) is 1. The summed E-state index contributed by atoms with van der Waals surface area (Å²) in [6.07, 6.45) is 3.13. The number of methoxy groups -OCH3 is 1. The molecule has 1 fully saturated rings. The zero-order valence-corrected chi connectivity index (χ0v) is 13.5. The van der Waals surface area contributed by atoms with Gasteiger partial charge in [0, 0.05) is 18.6 Å². The van der Waals surface area contributed by atoms with Crippen LogP contribution in [-0.4, -0.2) is 54.8 Å². The molecule has 2 N–H and O–H groups in total. The van der Waals surface area contributed by atoms with Crippen LogP contribution in [-0.2, 0) is 11.2 Å². The molecule has 1 aromatic carbocycles. The highest BCUT2D eigenvalue weighted by Gasteiger charge is 2.33. The Kier molecular flexibility index (Phi) is 5.80. The number of likely N-dealkylation sites (tertiary alicyclic amines) is 1. The number of ether oxygens (including phenoxy) is 1. The normalized spacial score (nSPS) is 21.9. The Morgan fingerprint density at radius 3 is 3.05 bits per heavy atom. The van der Waals surface area contributed by atoms with Gasteiger partial charge in [0.05, 0.1) is 13.7 Å². The molecule has 0 unspecified atom stereocenters. The van der Waals surface area contributed by atoms with Crippen LogP contribution in [0.4, 0.5) is 0 Å². The molecule has 22 heavy (non-hydrogen) atoms. The van der Waals surface area contributed by atoms with Crippen LogP contribution in [0, 0.1) is 0 Å². The highest BCUT2D eigenvalue weighted by atomic mass is 16.5. The molecule has 1 heterocycles. The number of nitrogens with zero attached hydrogens (tertiary/aromatic N) is 1. The molecule has 1 aromatic rings.